The molecule has 4 nitrogen and oxygen atoms in total. The first kappa shape index (κ1) is 13.3. The Morgan fingerprint density at radius 1 is 1.26 bits per heavy atom. The van der Waals surface area contributed by atoms with Crippen molar-refractivity contribution in [3.05, 3.63) is 35.3 Å². The number of hydrogen-bond donors (Lipinski definition) is 1. The number of nitrogens with one attached hydrogen (secondary N) is 1. The second-order valence-electron chi connectivity index (χ2n) is 4.30. The summed E-state index contributed by atoms with van der Waals surface area (Å²) in [6.07, 6.45) is 1.16. The van der Waals surface area contributed by atoms with E-state index < -0.39 is 5.82 Å². The monoisotopic (exact) mass is 261 g/mol. The number of methoxy groups -OCH3 is 1. The Labute approximate surface area is 111 Å². The molecule has 0 saturated carbocycles. The van der Waals surface area contributed by atoms with Crippen molar-refractivity contribution in [3.8, 4) is 17.0 Å². The van der Waals surface area contributed by atoms with Crippen LogP contribution in [0, 0.1) is 19.7 Å². The van der Waals surface area contributed by atoms with Gasteiger partial charge in [-0.05, 0) is 31.0 Å². The van der Waals surface area contributed by atoms with Gasteiger partial charge >= 0.3 is 0 Å². The van der Waals surface area contributed by atoms with Crippen LogP contribution in [0.25, 0.3) is 11.3 Å². The Bertz CT molecular complexity index is 614. The van der Waals surface area contributed by atoms with Gasteiger partial charge < -0.3 is 10.1 Å². The van der Waals surface area contributed by atoms with Gasteiger partial charge in [-0.3, -0.25) is 0 Å². The lowest BCUT2D eigenvalue weighted by molar-refractivity contribution is 0.415. The Hall–Kier alpha value is -2.17. The number of anilines is 1. The van der Waals surface area contributed by atoms with Crippen LogP contribution in [0.2, 0.25) is 0 Å². The van der Waals surface area contributed by atoms with Crippen molar-refractivity contribution in [3.63, 3.8) is 0 Å². The topological polar surface area (TPSA) is 47.0 Å². The van der Waals surface area contributed by atoms with Gasteiger partial charge in [0, 0.05) is 12.6 Å². The van der Waals surface area contributed by atoms with Crippen molar-refractivity contribution in [1.82, 2.24) is 9.97 Å². The molecule has 0 unspecified atom stereocenters. The molecular formula is C14H16FN3O. The summed E-state index contributed by atoms with van der Waals surface area (Å²) >= 11 is 0. The molecule has 0 aliphatic rings. The van der Waals surface area contributed by atoms with Crippen LogP contribution in [0.4, 0.5) is 10.3 Å². The molecule has 0 aliphatic carbocycles. The van der Waals surface area contributed by atoms with Gasteiger partial charge in [-0.25, -0.2) is 14.4 Å². The van der Waals surface area contributed by atoms with Crippen LogP contribution in [0.15, 0.2) is 18.3 Å². The summed E-state index contributed by atoms with van der Waals surface area (Å²) in [6, 6.07) is 3.83. The van der Waals surface area contributed by atoms with Crippen LogP contribution in [-0.4, -0.2) is 24.1 Å². The van der Waals surface area contributed by atoms with E-state index in [1.54, 1.807) is 14.2 Å². The normalized spacial score (nSPS) is 10.4. The number of ether oxygens (including phenoxy) is 1. The molecule has 1 N–H and O–H groups in total. The maximum absolute atomic E-state index is 14.0. The lowest BCUT2D eigenvalue weighted by Gasteiger charge is -2.13. The SMILES string of the molecule is CNc1ncc(F)c(-c2c(C)cc(C)cc2OC)n1. The molecule has 0 aliphatic heterocycles. The third-order valence-corrected chi connectivity index (χ3v) is 2.87. The Balaban J connectivity index is 2.70. The predicted molar refractivity (Wildman–Crippen MR) is 73.0 cm³/mol. The van der Waals surface area contributed by atoms with E-state index in [1.165, 1.54) is 0 Å². The number of halogens is 1. The van der Waals surface area contributed by atoms with E-state index in [9.17, 15) is 4.39 Å². The molecule has 2 aromatic rings. The van der Waals surface area contributed by atoms with Gasteiger partial charge in [-0.2, -0.15) is 0 Å². The second-order valence-corrected chi connectivity index (χ2v) is 4.30. The van der Waals surface area contributed by atoms with Crippen molar-refractivity contribution in [1.29, 1.82) is 0 Å². The van der Waals surface area contributed by atoms with Crippen molar-refractivity contribution in [2.75, 3.05) is 19.5 Å². The van der Waals surface area contributed by atoms with E-state index in [-0.39, 0.29) is 5.69 Å². The zero-order chi connectivity index (χ0) is 14.0. The van der Waals surface area contributed by atoms with Crippen LogP contribution >= 0.6 is 0 Å². The van der Waals surface area contributed by atoms with Gasteiger partial charge in [-0.15, -0.1) is 0 Å². The third kappa shape index (κ3) is 2.50. The van der Waals surface area contributed by atoms with Crippen molar-refractivity contribution in [2.24, 2.45) is 0 Å². The summed E-state index contributed by atoms with van der Waals surface area (Å²) < 4.78 is 19.3. The van der Waals surface area contributed by atoms with Gasteiger partial charge in [-0.1, -0.05) is 6.07 Å². The molecule has 0 amide bonds. The van der Waals surface area contributed by atoms with Crippen molar-refractivity contribution in [2.45, 2.75) is 13.8 Å². The predicted octanol–water partition coefficient (Wildman–Crippen LogP) is 2.95. The number of aromatic nitrogens is 2. The van der Waals surface area contributed by atoms with Crippen molar-refractivity contribution < 1.29 is 9.13 Å². The van der Waals surface area contributed by atoms with E-state index in [2.05, 4.69) is 15.3 Å². The summed E-state index contributed by atoms with van der Waals surface area (Å²) in [5.41, 5.74) is 2.87. The molecule has 0 bridgehead atoms. The van der Waals surface area contributed by atoms with Gasteiger partial charge in [0.15, 0.2) is 5.82 Å². The largest absolute Gasteiger partial charge is 0.496 e. The quantitative estimate of drug-likeness (QED) is 0.922. The van der Waals surface area contributed by atoms with E-state index in [4.69, 9.17) is 4.74 Å². The first-order chi connectivity index (χ1) is 9.06. The summed E-state index contributed by atoms with van der Waals surface area (Å²) in [7, 11) is 3.26. The highest BCUT2D eigenvalue weighted by molar-refractivity contribution is 5.72. The molecule has 1 heterocycles. The highest BCUT2D eigenvalue weighted by atomic mass is 19.1. The first-order valence-electron chi connectivity index (χ1n) is 5.92. The number of benzene rings is 1. The number of hydrogen-bond acceptors (Lipinski definition) is 4. The molecule has 0 saturated heterocycles. The molecule has 0 spiro atoms. The summed E-state index contributed by atoms with van der Waals surface area (Å²) in [4.78, 5) is 8.03. The maximum Gasteiger partial charge on any atom is 0.223 e. The number of aryl methyl sites for hydroxylation is 2. The molecule has 0 fully saturated rings. The summed E-state index contributed by atoms with van der Waals surface area (Å²) in [5.74, 6) is 0.514. The van der Waals surface area contributed by atoms with Gasteiger partial charge in [0.25, 0.3) is 0 Å². The molecule has 19 heavy (non-hydrogen) atoms. The highest BCUT2D eigenvalue weighted by Crippen LogP contribution is 2.34. The van der Waals surface area contributed by atoms with Crippen LogP contribution < -0.4 is 10.1 Å². The minimum atomic E-state index is -0.468. The molecule has 1 aromatic heterocycles. The minimum absolute atomic E-state index is 0.244. The lowest BCUT2D eigenvalue weighted by atomic mass is 10.0. The lowest BCUT2D eigenvalue weighted by Crippen LogP contribution is -2.02. The van der Waals surface area contributed by atoms with Crippen molar-refractivity contribution >= 4 is 5.95 Å². The second kappa shape index (κ2) is 5.22. The Morgan fingerprint density at radius 3 is 2.63 bits per heavy atom. The average Bonchev–Trinajstić information content (AvgIpc) is 2.39. The van der Waals surface area contributed by atoms with Gasteiger partial charge in [0.05, 0.1) is 13.3 Å². The number of rotatable bonds is 3. The smallest absolute Gasteiger partial charge is 0.223 e. The zero-order valence-electron chi connectivity index (χ0n) is 11.4. The fourth-order valence-corrected chi connectivity index (χ4v) is 2.06. The molecule has 5 heteroatoms. The van der Waals surface area contributed by atoms with Gasteiger partial charge in [0.1, 0.15) is 11.4 Å². The standard InChI is InChI=1S/C14H16FN3O/c1-8-5-9(2)12(11(6-8)19-4)13-10(15)7-17-14(16-3)18-13/h5-7H,1-4H3,(H,16,17,18). The molecule has 0 atom stereocenters. The molecular weight excluding hydrogens is 245 g/mol. The fourth-order valence-electron chi connectivity index (χ4n) is 2.06. The highest BCUT2D eigenvalue weighted by Gasteiger charge is 2.16. The zero-order valence-corrected chi connectivity index (χ0v) is 11.4. The van der Waals surface area contributed by atoms with E-state index >= 15 is 0 Å². The molecule has 1 aromatic carbocycles. The number of nitrogens with zero attached hydrogens (tertiary/aromatic N) is 2. The van der Waals surface area contributed by atoms with E-state index in [0.29, 0.717) is 17.3 Å². The fraction of sp³-hybridized carbons (Fsp3) is 0.286. The molecule has 2 rings (SSSR count). The van der Waals surface area contributed by atoms with E-state index in [0.717, 1.165) is 17.3 Å². The first-order valence-corrected chi connectivity index (χ1v) is 5.92. The third-order valence-electron chi connectivity index (χ3n) is 2.87. The molecule has 100 valence electrons. The average molecular weight is 261 g/mol. The minimum Gasteiger partial charge on any atom is -0.496 e. The van der Waals surface area contributed by atoms with Crippen LogP contribution in [0.5, 0.6) is 5.75 Å². The van der Waals surface area contributed by atoms with Crippen LogP contribution in [-0.2, 0) is 0 Å². The maximum atomic E-state index is 14.0. The Kier molecular flexibility index (Phi) is 3.64. The van der Waals surface area contributed by atoms with Crippen LogP contribution in [0.1, 0.15) is 11.1 Å². The van der Waals surface area contributed by atoms with E-state index in [1.807, 2.05) is 26.0 Å². The molecule has 0 radical (unpaired) electrons. The van der Waals surface area contributed by atoms with Crippen LogP contribution in [0.3, 0.4) is 0 Å². The summed E-state index contributed by atoms with van der Waals surface area (Å²) in [6.45, 7) is 3.88. The Morgan fingerprint density at radius 2 is 2.00 bits per heavy atom. The van der Waals surface area contributed by atoms with Gasteiger partial charge in [0.2, 0.25) is 5.95 Å². The summed E-state index contributed by atoms with van der Waals surface area (Å²) in [5, 5.41) is 2.80.